The largest absolute Gasteiger partial charge is 0.497 e. The standard InChI is InChI=1S/C52H52Cl4N2O6/c1-31-11-21-39(43(25-31)57-29-37-9-5-7-23-62-37)41(33-13-17-35(60-3)18-14-33)27-52(46-45(51(59)64-52)47(53)49(55)50(56)48(46)54)28-42(34-15-19-36(61-4)20-16-34)40-22-12-32(2)26-44(40)58-30-38-10-6-8-24-63-38/h5-24,27-28,31-32,37-40,43-44,57-58H,25-26,29-30H2,1-4H3. The van der Waals surface area contributed by atoms with E-state index in [1.807, 2.05) is 97.1 Å². The third-order valence-corrected chi connectivity index (χ3v) is 14.3. The first-order valence-corrected chi connectivity index (χ1v) is 23.1. The highest BCUT2D eigenvalue weighted by Gasteiger charge is 2.49. The summed E-state index contributed by atoms with van der Waals surface area (Å²) in [4.78, 5) is 14.6. The maximum Gasteiger partial charge on any atom is 0.341 e. The maximum atomic E-state index is 14.6. The fraction of sp³-hybridized carbons (Fsp3) is 0.327. The molecule has 334 valence electrons. The summed E-state index contributed by atoms with van der Waals surface area (Å²) in [5.41, 5.74) is 2.25. The van der Waals surface area contributed by atoms with E-state index in [2.05, 4.69) is 48.8 Å². The number of carbonyl (C=O) groups is 1. The second-order valence-electron chi connectivity index (χ2n) is 16.9. The van der Waals surface area contributed by atoms with Crippen LogP contribution in [0.5, 0.6) is 11.5 Å². The summed E-state index contributed by atoms with van der Waals surface area (Å²) in [7, 11) is 3.28. The van der Waals surface area contributed by atoms with Crippen molar-refractivity contribution in [1.82, 2.24) is 10.6 Å². The quantitative estimate of drug-likeness (QED) is 0.0715. The van der Waals surface area contributed by atoms with Gasteiger partial charge in [-0.1, -0.05) is 121 Å². The van der Waals surface area contributed by atoms with E-state index in [1.54, 1.807) is 26.7 Å². The molecule has 0 aromatic heterocycles. The third-order valence-electron chi connectivity index (χ3n) is 12.5. The number of esters is 1. The van der Waals surface area contributed by atoms with E-state index in [1.165, 1.54) is 0 Å². The van der Waals surface area contributed by atoms with E-state index in [0.717, 1.165) is 35.1 Å². The summed E-state index contributed by atoms with van der Waals surface area (Å²) >= 11 is 28.0. The van der Waals surface area contributed by atoms with Gasteiger partial charge in [0.2, 0.25) is 0 Å². The van der Waals surface area contributed by atoms with Gasteiger partial charge in [-0.15, -0.1) is 0 Å². The van der Waals surface area contributed by atoms with Crippen molar-refractivity contribution < 1.29 is 28.5 Å². The molecule has 0 bridgehead atoms. The Kier molecular flexibility index (Phi) is 14.5. The van der Waals surface area contributed by atoms with Crippen LogP contribution in [-0.4, -0.2) is 57.6 Å². The Labute approximate surface area is 395 Å². The number of halogens is 4. The number of fused-ring (bicyclic) bond motifs is 1. The molecule has 2 aliphatic carbocycles. The van der Waals surface area contributed by atoms with Crippen LogP contribution in [-0.2, 0) is 19.8 Å². The number of ether oxygens (including phenoxy) is 5. The van der Waals surface area contributed by atoms with Crippen molar-refractivity contribution in [3.05, 3.63) is 176 Å². The lowest BCUT2D eigenvalue weighted by atomic mass is 9.74. The van der Waals surface area contributed by atoms with Crippen LogP contribution in [0.1, 0.15) is 53.7 Å². The molecule has 8 unspecified atom stereocenters. The summed E-state index contributed by atoms with van der Waals surface area (Å²) in [6.07, 6.45) is 29.7. The number of nitrogens with one attached hydrogen (secondary N) is 2. The second-order valence-corrected chi connectivity index (χ2v) is 18.4. The highest BCUT2D eigenvalue weighted by Crippen LogP contribution is 2.54. The molecule has 8 atom stereocenters. The van der Waals surface area contributed by atoms with Gasteiger partial charge in [0, 0.05) is 42.6 Å². The molecule has 8 rings (SSSR count). The van der Waals surface area contributed by atoms with Gasteiger partial charge in [0.1, 0.15) is 23.7 Å². The van der Waals surface area contributed by atoms with E-state index in [-0.39, 0.29) is 61.8 Å². The zero-order chi connectivity index (χ0) is 45.0. The molecule has 64 heavy (non-hydrogen) atoms. The van der Waals surface area contributed by atoms with Crippen molar-refractivity contribution >= 4 is 63.5 Å². The fourth-order valence-corrected chi connectivity index (χ4v) is 10.4. The molecular formula is C52H52Cl4N2O6. The molecule has 0 amide bonds. The summed E-state index contributed by atoms with van der Waals surface area (Å²) in [5.74, 6) is 0.871. The molecule has 2 N–H and O–H groups in total. The Morgan fingerprint density at radius 2 is 1.09 bits per heavy atom. The number of benzene rings is 3. The molecule has 3 aromatic carbocycles. The molecule has 0 saturated heterocycles. The minimum Gasteiger partial charge on any atom is -0.497 e. The smallest absolute Gasteiger partial charge is 0.341 e. The van der Waals surface area contributed by atoms with Crippen molar-refractivity contribution in [1.29, 1.82) is 0 Å². The lowest BCUT2D eigenvalue weighted by molar-refractivity contribution is 0.0298. The number of rotatable bonds is 14. The lowest BCUT2D eigenvalue weighted by Crippen LogP contribution is -2.43. The van der Waals surface area contributed by atoms with Gasteiger partial charge in [-0.2, -0.15) is 0 Å². The summed E-state index contributed by atoms with van der Waals surface area (Å²) < 4.78 is 29.9. The Morgan fingerprint density at radius 1 is 0.641 bits per heavy atom. The molecule has 5 aliphatic rings. The molecule has 3 aliphatic heterocycles. The predicted molar refractivity (Wildman–Crippen MR) is 258 cm³/mol. The summed E-state index contributed by atoms with van der Waals surface area (Å²) in [6.45, 7) is 5.58. The third kappa shape index (κ3) is 9.79. The van der Waals surface area contributed by atoms with Gasteiger partial charge in [0.25, 0.3) is 0 Å². The zero-order valence-electron chi connectivity index (χ0n) is 36.1. The van der Waals surface area contributed by atoms with E-state index < -0.39 is 11.6 Å². The van der Waals surface area contributed by atoms with E-state index in [0.29, 0.717) is 42.0 Å². The monoisotopic (exact) mass is 940 g/mol. The van der Waals surface area contributed by atoms with Crippen LogP contribution in [0.3, 0.4) is 0 Å². The zero-order valence-corrected chi connectivity index (χ0v) is 39.1. The Morgan fingerprint density at radius 3 is 1.52 bits per heavy atom. The van der Waals surface area contributed by atoms with Gasteiger partial charge in [-0.05, 0) is 108 Å². The van der Waals surface area contributed by atoms with Crippen LogP contribution < -0.4 is 20.1 Å². The first-order valence-electron chi connectivity index (χ1n) is 21.6. The van der Waals surface area contributed by atoms with Crippen molar-refractivity contribution in [2.24, 2.45) is 23.7 Å². The van der Waals surface area contributed by atoms with Gasteiger partial charge in [-0.25, -0.2) is 4.79 Å². The fourth-order valence-electron chi connectivity index (χ4n) is 9.28. The van der Waals surface area contributed by atoms with Gasteiger partial charge in [0.15, 0.2) is 5.60 Å². The maximum absolute atomic E-state index is 14.6. The van der Waals surface area contributed by atoms with E-state index in [9.17, 15) is 4.79 Å². The molecule has 3 heterocycles. The number of hydrogen-bond donors (Lipinski definition) is 2. The van der Waals surface area contributed by atoms with Crippen LogP contribution >= 0.6 is 46.4 Å². The van der Waals surface area contributed by atoms with Crippen LogP contribution in [0.4, 0.5) is 0 Å². The SMILES string of the molecule is COc1ccc(C(=CC2(C=C(c3ccc(OC)cc3)C3C=CC(C)CC3NCC3C=CC=CO3)OC(=O)c3c(Cl)c(Cl)c(Cl)c(Cl)c32)C2C=CC(C)CC2NCC2C=CC=CO2)cc1. The van der Waals surface area contributed by atoms with Crippen molar-refractivity contribution in [3.63, 3.8) is 0 Å². The van der Waals surface area contributed by atoms with Gasteiger partial charge < -0.3 is 34.3 Å². The van der Waals surface area contributed by atoms with Crippen LogP contribution in [0, 0.1) is 23.7 Å². The number of carbonyl (C=O) groups excluding carboxylic acids is 1. The molecule has 0 fully saturated rings. The Hall–Kier alpha value is -4.67. The normalized spacial score (nSPS) is 28.4. The molecule has 0 spiro atoms. The molecule has 0 radical (unpaired) electrons. The first kappa shape index (κ1) is 45.9. The Bertz CT molecular complexity index is 2330. The molecular weight excluding hydrogens is 890 g/mol. The topological polar surface area (TPSA) is 87.3 Å². The highest BCUT2D eigenvalue weighted by atomic mass is 35.5. The predicted octanol–water partition coefficient (Wildman–Crippen LogP) is 12.1. The van der Waals surface area contributed by atoms with Crippen molar-refractivity contribution in [2.45, 2.75) is 56.6 Å². The van der Waals surface area contributed by atoms with E-state index in [4.69, 9.17) is 70.1 Å². The van der Waals surface area contributed by atoms with Crippen LogP contribution in [0.2, 0.25) is 20.1 Å². The summed E-state index contributed by atoms with van der Waals surface area (Å²) in [5, 5.41) is 7.72. The van der Waals surface area contributed by atoms with Crippen LogP contribution in [0.25, 0.3) is 11.1 Å². The Balaban J connectivity index is 1.38. The summed E-state index contributed by atoms with van der Waals surface area (Å²) in [6, 6.07) is 15.7. The highest BCUT2D eigenvalue weighted by molar-refractivity contribution is 6.53. The van der Waals surface area contributed by atoms with Gasteiger partial charge in [0.05, 0.1) is 52.4 Å². The lowest BCUT2D eigenvalue weighted by Gasteiger charge is -2.37. The second kappa shape index (κ2) is 20.2. The molecule has 3 aromatic rings. The van der Waals surface area contributed by atoms with Gasteiger partial charge in [-0.3, -0.25) is 0 Å². The minimum absolute atomic E-state index is 0.0228. The van der Waals surface area contributed by atoms with Gasteiger partial charge >= 0.3 is 5.97 Å². The number of hydrogen-bond acceptors (Lipinski definition) is 8. The minimum atomic E-state index is -1.66. The van der Waals surface area contributed by atoms with Crippen LogP contribution in [0.15, 0.2) is 134 Å². The van der Waals surface area contributed by atoms with Crippen molar-refractivity contribution in [3.8, 4) is 11.5 Å². The molecule has 8 nitrogen and oxygen atoms in total. The average molecular weight is 943 g/mol. The van der Waals surface area contributed by atoms with E-state index >= 15 is 0 Å². The molecule has 12 heteroatoms. The molecule has 0 saturated carbocycles. The average Bonchev–Trinajstić information content (AvgIpc) is 3.61. The van der Waals surface area contributed by atoms with Crippen molar-refractivity contribution in [2.75, 3.05) is 27.3 Å². The number of cyclic esters (lactones) is 1. The first-order chi connectivity index (χ1) is 31.0. The number of methoxy groups -OCH3 is 2. The number of allylic oxidation sites excluding steroid dienone is 6.